The first-order chi connectivity index (χ1) is 7.15. The summed E-state index contributed by atoms with van der Waals surface area (Å²) in [5.74, 6) is 0.961. The summed E-state index contributed by atoms with van der Waals surface area (Å²) in [7, 11) is 0. The first-order valence-electron chi connectivity index (χ1n) is 5.03. The maximum atomic E-state index is 11.5. The molecule has 1 heterocycles. The molecular weight excluding hydrogens is 192 g/mol. The number of pyridine rings is 1. The zero-order valence-electron chi connectivity index (χ0n) is 9.28. The van der Waals surface area contributed by atoms with Gasteiger partial charge in [-0.3, -0.25) is 4.79 Å². The normalized spacial score (nSPS) is 10.1. The molecule has 15 heavy (non-hydrogen) atoms. The van der Waals surface area contributed by atoms with Crippen LogP contribution >= 0.6 is 0 Å². The van der Waals surface area contributed by atoms with Crippen LogP contribution in [0.5, 0.6) is 5.75 Å². The molecule has 0 saturated heterocycles. The molecule has 0 aliphatic heterocycles. The molecule has 82 valence electrons. The third-order valence-corrected chi connectivity index (χ3v) is 1.84. The summed E-state index contributed by atoms with van der Waals surface area (Å²) in [6.07, 6.45) is 1.62. The fraction of sp³-hybridized carbons (Fsp3) is 0.455. The van der Waals surface area contributed by atoms with E-state index in [2.05, 4.69) is 10.3 Å². The number of hydrogen-bond acceptors (Lipinski definition) is 3. The molecule has 0 radical (unpaired) electrons. The lowest BCUT2D eigenvalue weighted by Crippen LogP contribution is -2.19. The monoisotopic (exact) mass is 208 g/mol. The van der Waals surface area contributed by atoms with E-state index >= 15 is 0 Å². The van der Waals surface area contributed by atoms with Crippen molar-refractivity contribution in [3.63, 3.8) is 0 Å². The third kappa shape index (κ3) is 3.23. The van der Waals surface area contributed by atoms with Gasteiger partial charge in [-0.1, -0.05) is 13.8 Å². The average Bonchev–Trinajstić information content (AvgIpc) is 2.21. The second-order valence-corrected chi connectivity index (χ2v) is 3.43. The second kappa shape index (κ2) is 5.34. The summed E-state index contributed by atoms with van der Waals surface area (Å²) in [6.45, 7) is 6.11. The summed E-state index contributed by atoms with van der Waals surface area (Å²) < 4.78 is 5.34. The summed E-state index contributed by atoms with van der Waals surface area (Å²) in [5, 5.41) is 2.72. The molecule has 0 aliphatic carbocycles. The number of hydrogen-bond donors (Lipinski definition) is 1. The van der Waals surface area contributed by atoms with Gasteiger partial charge in [-0.25, -0.2) is 4.98 Å². The molecule has 0 spiro atoms. The van der Waals surface area contributed by atoms with E-state index in [1.807, 2.05) is 20.8 Å². The molecule has 0 bridgehead atoms. The Bertz CT molecular complexity index is 337. The van der Waals surface area contributed by atoms with Crippen LogP contribution in [0.3, 0.4) is 0 Å². The molecule has 0 aromatic carbocycles. The number of nitrogens with zero attached hydrogens (tertiary/aromatic N) is 1. The molecule has 1 rings (SSSR count). The van der Waals surface area contributed by atoms with Crippen LogP contribution in [-0.4, -0.2) is 17.5 Å². The molecule has 1 amide bonds. The summed E-state index contributed by atoms with van der Waals surface area (Å²) >= 11 is 0. The first-order valence-corrected chi connectivity index (χ1v) is 5.03. The smallest absolute Gasteiger partial charge is 0.228 e. The van der Waals surface area contributed by atoms with Crippen molar-refractivity contribution < 1.29 is 9.53 Å². The summed E-state index contributed by atoms with van der Waals surface area (Å²) in [6, 6.07) is 3.56. The molecule has 4 nitrogen and oxygen atoms in total. The van der Waals surface area contributed by atoms with E-state index in [0.717, 1.165) is 0 Å². The maximum absolute atomic E-state index is 11.5. The van der Waals surface area contributed by atoms with Crippen LogP contribution in [0.4, 0.5) is 5.82 Å². The van der Waals surface area contributed by atoms with Crippen molar-refractivity contribution >= 4 is 11.7 Å². The van der Waals surface area contributed by atoms with Gasteiger partial charge in [-0.05, 0) is 19.1 Å². The number of nitrogens with one attached hydrogen (secondary N) is 1. The zero-order chi connectivity index (χ0) is 11.3. The summed E-state index contributed by atoms with van der Waals surface area (Å²) in [4.78, 5) is 15.5. The van der Waals surface area contributed by atoms with E-state index in [1.54, 1.807) is 18.3 Å². The minimum Gasteiger partial charge on any atom is -0.490 e. The van der Waals surface area contributed by atoms with Crippen LogP contribution in [0.25, 0.3) is 0 Å². The lowest BCUT2D eigenvalue weighted by molar-refractivity contribution is -0.118. The van der Waals surface area contributed by atoms with Crippen molar-refractivity contribution in [2.75, 3.05) is 11.9 Å². The lowest BCUT2D eigenvalue weighted by atomic mass is 10.2. The minimum atomic E-state index is -0.0681. The predicted octanol–water partition coefficient (Wildman–Crippen LogP) is 2.07. The lowest BCUT2D eigenvalue weighted by Gasteiger charge is -2.11. The van der Waals surface area contributed by atoms with E-state index in [9.17, 15) is 4.79 Å². The Balaban J connectivity index is 2.79. The molecule has 0 unspecified atom stereocenters. The van der Waals surface area contributed by atoms with Crippen molar-refractivity contribution in [2.45, 2.75) is 20.8 Å². The van der Waals surface area contributed by atoms with Crippen LogP contribution < -0.4 is 10.1 Å². The van der Waals surface area contributed by atoms with E-state index in [0.29, 0.717) is 18.2 Å². The summed E-state index contributed by atoms with van der Waals surface area (Å²) in [5.41, 5.74) is 0. The number of carbonyl (C=O) groups is 1. The van der Waals surface area contributed by atoms with Crippen LogP contribution in [0.15, 0.2) is 18.3 Å². The number of carbonyl (C=O) groups excluding carboxylic acids is 1. The van der Waals surface area contributed by atoms with Crippen molar-refractivity contribution in [3.8, 4) is 5.75 Å². The standard InChI is InChI=1S/C11H16N2O2/c1-4-15-9-6-5-7-12-10(9)13-11(14)8(2)3/h5-8H,4H2,1-3H3,(H,12,13,14). The fourth-order valence-corrected chi connectivity index (χ4v) is 1.02. The van der Waals surface area contributed by atoms with E-state index < -0.39 is 0 Å². The average molecular weight is 208 g/mol. The Kier molecular flexibility index (Phi) is 4.09. The molecular formula is C11H16N2O2. The van der Waals surface area contributed by atoms with E-state index in [1.165, 1.54) is 0 Å². The number of aromatic nitrogens is 1. The highest BCUT2D eigenvalue weighted by Crippen LogP contribution is 2.21. The van der Waals surface area contributed by atoms with Crippen LogP contribution in [0.2, 0.25) is 0 Å². The highest BCUT2D eigenvalue weighted by atomic mass is 16.5. The largest absolute Gasteiger partial charge is 0.490 e. The van der Waals surface area contributed by atoms with Gasteiger partial charge in [0.05, 0.1) is 6.61 Å². The van der Waals surface area contributed by atoms with Gasteiger partial charge in [-0.15, -0.1) is 0 Å². The topological polar surface area (TPSA) is 51.2 Å². The van der Waals surface area contributed by atoms with Gasteiger partial charge >= 0.3 is 0 Å². The zero-order valence-corrected chi connectivity index (χ0v) is 9.28. The van der Waals surface area contributed by atoms with Crippen LogP contribution in [0.1, 0.15) is 20.8 Å². The highest BCUT2D eigenvalue weighted by Gasteiger charge is 2.11. The SMILES string of the molecule is CCOc1cccnc1NC(=O)C(C)C. The first kappa shape index (κ1) is 11.5. The van der Waals surface area contributed by atoms with Crippen LogP contribution in [-0.2, 0) is 4.79 Å². The molecule has 0 saturated carbocycles. The Labute approximate surface area is 89.7 Å². The Morgan fingerprint density at radius 1 is 1.60 bits per heavy atom. The molecule has 1 aromatic heterocycles. The molecule has 1 N–H and O–H groups in total. The van der Waals surface area contributed by atoms with E-state index in [4.69, 9.17) is 4.74 Å². The van der Waals surface area contributed by atoms with Gasteiger partial charge in [0.2, 0.25) is 5.91 Å². The van der Waals surface area contributed by atoms with Gasteiger partial charge in [0.15, 0.2) is 11.6 Å². The number of anilines is 1. The van der Waals surface area contributed by atoms with Gasteiger partial charge < -0.3 is 10.1 Å². The quantitative estimate of drug-likeness (QED) is 0.824. The molecule has 4 heteroatoms. The minimum absolute atomic E-state index is 0.0605. The fourth-order valence-electron chi connectivity index (χ4n) is 1.02. The van der Waals surface area contributed by atoms with Crippen molar-refractivity contribution in [3.05, 3.63) is 18.3 Å². The Morgan fingerprint density at radius 2 is 2.33 bits per heavy atom. The molecule has 0 fully saturated rings. The number of ether oxygens (including phenoxy) is 1. The number of rotatable bonds is 4. The highest BCUT2D eigenvalue weighted by molar-refractivity contribution is 5.92. The molecule has 1 aromatic rings. The van der Waals surface area contributed by atoms with Crippen molar-refractivity contribution in [1.82, 2.24) is 4.98 Å². The molecule has 0 aliphatic rings. The Hall–Kier alpha value is -1.58. The van der Waals surface area contributed by atoms with Gasteiger partial charge in [-0.2, -0.15) is 0 Å². The van der Waals surface area contributed by atoms with Gasteiger partial charge in [0.1, 0.15) is 0 Å². The van der Waals surface area contributed by atoms with Gasteiger partial charge in [0, 0.05) is 12.1 Å². The number of amides is 1. The van der Waals surface area contributed by atoms with E-state index in [-0.39, 0.29) is 11.8 Å². The van der Waals surface area contributed by atoms with Crippen molar-refractivity contribution in [2.24, 2.45) is 5.92 Å². The van der Waals surface area contributed by atoms with Crippen LogP contribution in [0, 0.1) is 5.92 Å². The third-order valence-electron chi connectivity index (χ3n) is 1.84. The van der Waals surface area contributed by atoms with Gasteiger partial charge in [0.25, 0.3) is 0 Å². The van der Waals surface area contributed by atoms with Crippen molar-refractivity contribution in [1.29, 1.82) is 0 Å². The maximum Gasteiger partial charge on any atom is 0.228 e. The predicted molar refractivity (Wildman–Crippen MR) is 58.9 cm³/mol. The molecule has 0 atom stereocenters. The Morgan fingerprint density at radius 3 is 2.93 bits per heavy atom. The second-order valence-electron chi connectivity index (χ2n) is 3.43.